The number of rotatable bonds is 4. The van der Waals surface area contributed by atoms with Gasteiger partial charge in [0.1, 0.15) is 5.82 Å². The summed E-state index contributed by atoms with van der Waals surface area (Å²) >= 11 is 0. The van der Waals surface area contributed by atoms with Crippen molar-refractivity contribution < 1.29 is 4.79 Å². The second kappa shape index (κ2) is 5.81. The summed E-state index contributed by atoms with van der Waals surface area (Å²) in [6.07, 6.45) is 1.01. The van der Waals surface area contributed by atoms with Gasteiger partial charge in [0.15, 0.2) is 0 Å². The minimum Gasteiger partial charge on any atom is -0.384 e. The minimum absolute atomic E-state index is 0.0916. The molecule has 20 heavy (non-hydrogen) atoms. The summed E-state index contributed by atoms with van der Waals surface area (Å²) < 4.78 is 0. The number of nitrogen functional groups attached to an aromatic ring is 1. The van der Waals surface area contributed by atoms with Crippen LogP contribution in [-0.2, 0) is 5.41 Å². The van der Waals surface area contributed by atoms with Crippen LogP contribution in [0.5, 0.6) is 0 Å². The average Bonchev–Trinajstić information content (AvgIpc) is 2.34. The highest BCUT2D eigenvalue weighted by Crippen LogP contribution is 2.23. The van der Waals surface area contributed by atoms with Gasteiger partial charge in [-0.3, -0.25) is 4.79 Å². The number of nitrogens with one attached hydrogen (secondary N) is 1. The summed E-state index contributed by atoms with van der Waals surface area (Å²) in [6.45, 7) is 13.2. The maximum Gasteiger partial charge on any atom is 0.251 e. The fraction of sp³-hybridized carbons (Fsp3) is 0.625. The Hall–Kier alpha value is -1.58. The van der Waals surface area contributed by atoms with Crippen molar-refractivity contribution in [3.8, 4) is 0 Å². The summed E-state index contributed by atoms with van der Waals surface area (Å²) in [5.41, 5.74) is 7.19. The molecule has 0 unspecified atom stereocenters. The van der Waals surface area contributed by atoms with E-state index >= 15 is 0 Å². The number of nitrogens with zero attached hydrogens (tertiary/aromatic N) is 1. The molecule has 0 spiro atoms. The van der Waals surface area contributed by atoms with Crippen LogP contribution in [0.3, 0.4) is 0 Å². The molecule has 112 valence electrons. The minimum atomic E-state index is -0.132. The van der Waals surface area contributed by atoms with Crippen LogP contribution in [0, 0.1) is 5.41 Å². The second-order valence-electron chi connectivity index (χ2n) is 7.12. The van der Waals surface area contributed by atoms with Crippen LogP contribution in [-0.4, -0.2) is 17.4 Å². The number of nitrogens with two attached hydrogens (primary N) is 1. The topological polar surface area (TPSA) is 68.0 Å². The molecule has 0 fully saturated rings. The van der Waals surface area contributed by atoms with E-state index in [1.54, 1.807) is 6.07 Å². The molecule has 4 nitrogen and oxygen atoms in total. The number of hydrogen-bond acceptors (Lipinski definition) is 3. The Morgan fingerprint density at radius 3 is 2.35 bits per heavy atom. The Balaban J connectivity index is 2.91. The normalized spacial score (nSPS) is 12.3. The van der Waals surface area contributed by atoms with Crippen LogP contribution in [0.2, 0.25) is 0 Å². The monoisotopic (exact) mass is 277 g/mol. The van der Waals surface area contributed by atoms with Gasteiger partial charge < -0.3 is 11.1 Å². The van der Waals surface area contributed by atoms with Crippen molar-refractivity contribution in [1.29, 1.82) is 0 Å². The lowest BCUT2D eigenvalue weighted by molar-refractivity contribution is 0.0935. The third-order valence-corrected chi connectivity index (χ3v) is 3.56. The van der Waals surface area contributed by atoms with Crippen molar-refractivity contribution in [3.63, 3.8) is 0 Å². The molecule has 0 saturated heterocycles. The third-order valence-electron chi connectivity index (χ3n) is 3.56. The van der Waals surface area contributed by atoms with E-state index in [4.69, 9.17) is 5.73 Å². The molecular formula is C16H27N3O. The molecule has 0 radical (unpaired) electrons. The van der Waals surface area contributed by atoms with E-state index < -0.39 is 0 Å². The first-order valence-electron chi connectivity index (χ1n) is 7.11. The number of carbonyl (C=O) groups excluding carboxylic acids is 1. The molecule has 0 bridgehead atoms. The molecular weight excluding hydrogens is 250 g/mol. The second-order valence-corrected chi connectivity index (χ2v) is 7.12. The lowest BCUT2D eigenvalue weighted by Gasteiger charge is -2.23. The Bertz CT molecular complexity index is 487. The van der Waals surface area contributed by atoms with Gasteiger partial charge in [0.25, 0.3) is 5.91 Å². The summed E-state index contributed by atoms with van der Waals surface area (Å²) in [6, 6.07) is 3.45. The van der Waals surface area contributed by atoms with E-state index in [-0.39, 0.29) is 16.7 Å². The van der Waals surface area contributed by atoms with E-state index in [9.17, 15) is 4.79 Å². The summed E-state index contributed by atoms with van der Waals surface area (Å²) in [5, 5.41) is 2.97. The predicted molar refractivity (Wildman–Crippen MR) is 83.8 cm³/mol. The molecule has 1 aromatic rings. The van der Waals surface area contributed by atoms with Gasteiger partial charge in [-0.15, -0.1) is 0 Å². The third kappa shape index (κ3) is 4.51. The highest BCUT2D eigenvalue weighted by Gasteiger charge is 2.20. The number of amides is 1. The van der Waals surface area contributed by atoms with Crippen molar-refractivity contribution >= 4 is 11.7 Å². The van der Waals surface area contributed by atoms with Crippen LogP contribution in [0.25, 0.3) is 0 Å². The van der Waals surface area contributed by atoms with Crippen LogP contribution in [0.1, 0.15) is 64.0 Å². The number of aromatic nitrogens is 1. The highest BCUT2D eigenvalue weighted by atomic mass is 16.1. The molecule has 1 rings (SSSR count). The van der Waals surface area contributed by atoms with Crippen molar-refractivity contribution in [2.24, 2.45) is 5.41 Å². The lowest BCUT2D eigenvalue weighted by Crippen LogP contribution is -2.34. The smallest absolute Gasteiger partial charge is 0.251 e. The molecule has 0 saturated carbocycles. The van der Waals surface area contributed by atoms with Gasteiger partial charge >= 0.3 is 0 Å². The SMILES string of the molecule is CCC(C)(C)CNC(=O)c1cc(N)nc(C(C)(C)C)c1. The first-order valence-corrected chi connectivity index (χ1v) is 7.11. The van der Waals surface area contributed by atoms with Crippen molar-refractivity contribution in [2.45, 2.75) is 53.4 Å². The summed E-state index contributed by atoms with van der Waals surface area (Å²) in [7, 11) is 0. The summed E-state index contributed by atoms with van der Waals surface area (Å²) in [4.78, 5) is 16.6. The predicted octanol–water partition coefficient (Wildman–Crippen LogP) is 3.13. The lowest BCUT2D eigenvalue weighted by atomic mass is 9.89. The highest BCUT2D eigenvalue weighted by molar-refractivity contribution is 5.95. The van der Waals surface area contributed by atoms with Gasteiger partial charge in [0, 0.05) is 23.2 Å². The van der Waals surface area contributed by atoms with Crippen molar-refractivity contribution in [3.05, 3.63) is 23.4 Å². The molecule has 0 atom stereocenters. The van der Waals surface area contributed by atoms with E-state index in [1.807, 2.05) is 6.07 Å². The average molecular weight is 277 g/mol. The van der Waals surface area contributed by atoms with Gasteiger partial charge in [-0.1, -0.05) is 41.5 Å². The number of carbonyl (C=O) groups is 1. The maximum atomic E-state index is 12.2. The first kappa shape index (κ1) is 16.5. The Labute approximate surface area is 122 Å². The van der Waals surface area contributed by atoms with E-state index in [1.165, 1.54) is 0 Å². The van der Waals surface area contributed by atoms with Crippen LogP contribution in [0.4, 0.5) is 5.82 Å². The van der Waals surface area contributed by atoms with Crippen LogP contribution < -0.4 is 11.1 Å². The molecule has 1 heterocycles. The van der Waals surface area contributed by atoms with Gasteiger partial charge in [-0.25, -0.2) is 4.98 Å². The zero-order chi connectivity index (χ0) is 15.6. The maximum absolute atomic E-state index is 12.2. The Morgan fingerprint density at radius 1 is 1.25 bits per heavy atom. The molecule has 1 aromatic heterocycles. The number of pyridine rings is 1. The van der Waals surface area contributed by atoms with E-state index in [2.05, 4.69) is 51.8 Å². The van der Waals surface area contributed by atoms with Crippen LogP contribution in [0.15, 0.2) is 12.1 Å². The quantitative estimate of drug-likeness (QED) is 0.888. The number of anilines is 1. The molecule has 1 amide bonds. The molecule has 0 aromatic carbocycles. The van der Waals surface area contributed by atoms with Crippen molar-refractivity contribution in [2.75, 3.05) is 12.3 Å². The zero-order valence-corrected chi connectivity index (χ0v) is 13.5. The van der Waals surface area contributed by atoms with Crippen molar-refractivity contribution in [1.82, 2.24) is 10.3 Å². The molecule has 0 aliphatic carbocycles. The molecule has 4 heteroatoms. The standard InChI is InChI=1S/C16H27N3O/c1-7-16(5,6)10-18-14(20)11-8-12(15(2,3)4)19-13(17)9-11/h8-9H,7,10H2,1-6H3,(H2,17,19)(H,18,20). The largest absolute Gasteiger partial charge is 0.384 e. The van der Waals surface area contributed by atoms with E-state index in [0.29, 0.717) is 17.9 Å². The van der Waals surface area contributed by atoms with Gasteiger partial charge in [-0.05, 0) is 24.0 Å². The fourth-order valence-corrected chi connectivity index (χ4v) is 1.61. The van der Waals surface area contributed by atoms with Crippen LogP contribution >= 0.6 is 0 Å². The first-order chi connectivity index (χ1) is 9.05. The molecule has 0 aliphatic rings. The fourth-order valence-electron chi connectivity index (χ4n) is 1.61. The van der Waals surface area contributed by atoms with Gasteiger partial charge in [0.2, 0.25) is 0 Å². The van der Waals surface area contributed by atoms with Gasteiger partial charge in [0.05, 0.1) is 0 Å². The van der Waals surface area contributed by atoms with Gasteiger partial charge in [-0.2, -0.15) is 0 Å². The number of hydrogen-bond donors (Lipinski definition) is 2. The van der Waals surface area contributed by atoms with E-state index in [0.717, 1.165) is 12.1 Å². The Kier molecular flexibility index (Phi) is 4.79. The molecule has 3 N–H and O–H groups in total. The summed E-state index contributed by atoms with van der Waals surface area (Å²) in [5.74, 6) is 0.295. The zero-order valence-electron chi connectivity index (χ0n) is 13.5. The molecule has 0 aliphatic heterocycles. The Morgan fingerprint density at radius 2 is 1.85 bits per heavy atom.